The molecule has 146 valence electrons. The van der Waals surface area contributed by atoms with E-state index in [2.05, 4.69) is 20.6 Å². The van der Waals surface area contributed by atoms with Gasteiger partial charge in [0.1, 0.15) is 0 Å². The summed E-state index contributed by atoms with van der Waals surface area (Å²) in [7, 11) is 1.33. The maximum Gasteiger partial charge on any atom is 0.351 e. The van der Waals surface area contributed by atoms with Gasteiger partial charge in [-0.15, -0.1) is 0 Å². The molecule has 1 atom stereocenters. The van der Waals surface area contributed by atoms with Crippen molar-refractivity contribution in [2.75, 3.05) is 0 Å². The van der Waals surface area contributed by atoms with Gasteiger partial charge in [-0.3, -0.25) is 14.2 Å². The first-order valence-electron chi connectivity index (χ1n) is 8.74. The summed E-state index contributed by atoms with van der Waals surface area (Å²) in [6.07, 6.45) is 0.732. The van der Waals surface area contributed by atoms with Gasteiger partial charge < -0.3 is 9.84 Å². The van der Waals surface area contributed by atoms with Crippen molar-refractivity contribution in [3.63, 3.8) is 0 Å². The average molecular weight is 384 g/mol. The van der Waals surface area contributed by atoms with Gasteiger partial charge in [-0.1, -0.05) is 29.8 Å². The number of carbonyl (C=O) groups is 1. The van der Waals surface area contributed by atoms with E-state index in [-0.39, 0.29) is 23.5 Å². The summed E-state index contributed by atoms with van der Waals surface area (Å²) in [4.78, 5) is 41.0. The zero-order valence-corrected chi connectivity index (χ0v) is 16.0. The number of aromatic nitrogens is 5. The van der Waals surface area contributed by atoms with Crippen molar-refractivity contribution in [2.45, 2.75) is 33.2 Å². The molecule has 0 fully saturated rings. The van der Waals surface area contributed by atoms with Crippen LogP contribution >= 0.6 is 0 Å². The van der Waals surface area contributed by atoms with Gasteiger partial charge in [-0.05, 0) is 32.4 Å². The lowest BCUT2D eigenvalue weighted by Crippen LogP contribution is -2.40. The molecule has 0 radical (unpaired) electrons. The van der Waals surface area contributed by atoms with Gasteiger partial charge in [0.25, 0.3) is 5.56 Å². The Labute approximate surface area is 159 Å². The zero-order chi connectivity index (χ0) is 20.4. The fourth-order valence-electron chi connectivity index (χ4n) is 2.37. The summed E-state index contributed by atoms with van der Waals surface area (Å²) in [5, 5.41) is 10.5. The lowest BCUT2D eigenvalue weighted by molar-refractivity contribution is 0.0895. The largest absolute Gasteiger partial charge is 0.351 e. The highest BCUT2D eigenvalue weighted by Gasteiger charge is 2.22. The SMILES string of the molecule is CCC(C)NC(=O)c1nc(-c2nn(-c3ccc(C)cc3)c(=O)n(C)c2=O)no1. The van der Waals surface area contributed by atoms with Crippen LogP contribution in [-0.4, -0.2) is 36.4 Å². The molecule has 1 amide bonds. The quantitative estimate of drug-likeness (QED) is 0.690. The highest BCUT2D eigenvalue weighted by Crippen LogP contribution is 2.10. The second-order valence-electron chi connectivity index (χ2n) is 6.45. The third-order valence-electron chi connectivity index (χ3n) is 4.28. The van der Waals surface area contributed by atoms with Crippen molar-refractivity contribution in [3.05, 3.63) is 56.6 Å². The van der Waals surface area contributed by atoms with E-state index in [0.29, 0.717) is 5.69 Å². The Bertz CT molecular complexity index is 1130. The van der Waals surface area contributed by atoms with Gasteiger partial charge in [0, 0.05) is 13.1 Å². The van der Waals surface area contributed by atoms with Crippen LogP contribution in [0.1, 0.15) is 36.5 Å². The number of hydrogen-bond acceptors (Lipinski definition) is 7. The maximum absolute atomic E-state index is 12.5. The van der Waals surface area contributed by atoms with Crippen molar-refractivity contribution in [3.8, 4) is 17.2 Å². The van der Waals surface area contributed by atoms with Crippen molar-refractivity contribution in [1.82, 2.24) is 29.8 Å². The number of rotatable bonds is 5. The average Bonchev–Trinajstić information content (AvgIpc) is 3.17. The third kappa shape index (κ3) is 3.61. The van der Waals surface area contributed by atoms with Crippen LogP contribution in [0.25, 0.3) is 17.2 Å². The molecule has 0 saturated heterocycles. The van der Waals surface area contributed by atoms with Crippen LogP contribution in [0.15, 0.2) is 38.4 Å². The summed E-state index contributed by atoms with van der Waals surface area (Å²) in [5.41, 5.74) is -0.0180. The summed E-state index contributed by atoms with van der Waals surface area (Å²) < 4.78 is 6.94. The van der Waals surface area contributed by atoms with Crippen LogP contribution in [-0.2, 0) is 7.05 Å². The highest BCUT2D eigenvalue weighted by atomic mass is 16.5. The number of aryl methyl sites for hydroxylation is 1. The molecule has 2 heterocycles. The van der Waals surface area contributed by atoms with E-state index < -0.39 is 17.2 Å². The lowest BCUT2D eigenvalue weighted by atomic mass is 10.2. The van der Waals surface area contributed by atoms with E-state index in [4.69, 9.17) is 4.52 Å². The summed E-state index contributed by atoms with van der Waals surface area (Å²) in [5.74, 6) is -1.00. The van der Waals surface area contributed by atoms with Crippen molar-refractivity contribution in [2.24, 2.45) is 7.05 Å². The van der Waals surface area contributed by atoms with E-state index in [9.17, 15) is 14.4 Å². The number of benzene rings is 1. The number of nitrogens with one attached hydrogen (secondary N) is 1. The first-order valence-corrected chi connectivity index (χ1v) is 8.74. The smallest absolute Gasteiger partial charge is 0.345 e. The molecule has 0 aliphatic rings. The molecule has 0 saturated carbocycles. The first-order chi connectivity index (χ1) is 13.3. The number of nitrogens with zero attached hydrogens (tertiary/aromatic N) is 5. The lowest BCUT2D eigenvalue weighted by Gasteiger charge is -2.08. The Hall–Kier alpha value is -3.56. The van der Waals surface area contributed by atoms with E-state index >= 15 is 0 Å². The molecule has 1 aromatic carbocycles. The van der Waals surface area contributed by atoms with Crippen molar-refractivity contribution < 1.29 is 9.32 Å². The molecular formula is C18H20N6O4. The normalized spacial score (nSPS) is 12.0. The van der Waals surface area contributed by atoms with Crippen LogP contribution in [0.5, 0.6) is 0 Å². The predicted molar refractivity (Wildman–Crippen MR) is 100 cm³/mol. The highest BCUT2D eigenvalue weighted by molar-refractivity contribution is 5.90. The molecule has 3 rings (SSSR count). The number of hydrogen-bond donors (Lipinski definition) is 1. The molecule has 10 heteroatoms. The van der Waals surface area contributed by atoms with E-state index in [1.807, 2.05) is 32.9 Å². The van der Waals surface area contributed by atoms with Crippen LogP contribution in [0.2, 0.25) is 0 Å². The molecule has 28 heavy (non-hydrogen) atoms. The maximum atomic E-state index is 12.5. The second-order valence-corrected chi connectivity index (χ2v) is 6.45. The van der Waals surface area contributed by atoms with E-state index in [0.717, 1.165) is 21.2 Å². The molecule has 3 aromatic rings. The summed E-state index contributed by atoms with van der Waals surface area (Å²) in [6.45, 7) is 5.67. The van der Waals surface area contributed by atoms with E-state index in [1.54, 1.807) is 12.1 Å². The van der Waals surface area contributed by atoms with Crippen LogP contribution in [0.3, 0.4) is 0 Å². The predicted octanol–water partition coefficient (Wildman–Crippen LogP) is 0.818. The fourth-order valence-corrected chi connectivity index (χ4v) is 2.37. The Kier molecular flexibility index (Phi) is 5.21. The van der Waals surface area contributed by atoms with Gasteiger partial charge in [-0.25, -0.2) is 4.79 Å². The minimum absolute atomic E-state index is 0.0720. The van der Waals surface area contributed by atoms with Crippen molar-refractivity contribution >= 4 is 5.91 Å². The molecule has 10 nitrogen and oxygen atoms in total. The minimum Gasteiger partial charge on any atom is -0.345 e. The molecule has 0 spiro atoms. The third-order valence-corrected chi connectivity index (χ3v) is 4.28. The zero-order valence-electron chi connectivity index (χ0n) is 16.0. The van der Waals surface area contributed by atoms with Gasteiger partial charge >= 0.3 is 17.5 Å². The van der Waals surface area contributed by atoms with Crippen LogP contribution < -0.4 is 16.6 Å². The molecule has 0 aliphatic heterocycles. The molecule has 0 bridgehead atoms. The molecule has 0 aliphatic carbocycles. The van der Waals surface area contributed by atoms with E-state index in [1.165, 1.54) is 7.05 Å². The van der Waals surface area contributed by atoms with Gasteiger partial charge in [0.05, 0.1) is 5.69 Å². The number of amides is 1. The number of carbonyl (C=O) groups excluding carboxylic acids is 1. The molecule has 1 unspecified atom stereocenters. The van der Waals surface area contributed by atoms with Crippen molar-refractivity contribution in [1.29, 1.82) is 0 Å². The monoisotopic (exact) mass is 384 g/mol. The topological polar surface area (TPSA) is 125 Å². The van der Waals surface area contributed by atoms with Gasteiger partial charge in [-0.2, -0.15) is 14.8 Å². The summed E-state index contributed by atoms with van der Waals surface area (Å²) in [6, 6.07) is 6.98. The van der Waals surface area contributed by atoms with Gasteiger partial charge in [0.2, 0.25) is 5.82 Å². The Morgan fingerprint density at radius 2 is 1.93 bits per heavy atom. The molecule has 1 N–H and O–H groups in total. The molecule has 2 aromatic heterocycles. The fraction of sp³-hybridized carbons (Fsp3) is 0.333. The standard InChI is InChI=1S/C18H20N6O4/c1-5-11(3)19-15(25)16-20-14(22-28-16)13-17(26)23(4)18(27)24(21-13)12-8-6-10(2)7-9-12/h6-9,11H,5H2,1-4H3,(H,19,25). The van der Waals surface area contributed by atoms with Crippen LogP contribution in [0.4, 0.5) is 0 Å². The second kappa shape index (κ2) is 7.59. The first kappa shape index (κ1) is 19.2. The summed E-state index contributed by atoms with van der Waals surface area (Å²) >= 11 is 0. The molecular weight excluding hydrogens is 364 g/mol. The Balaban J connectivity index is 2.06. The minimum atomic E-state index is -0.692. The Morgan fingerprint density at radius 1 is 1.25 bits per heavy atom. The van der Waals surface area contributed by atoms with Gasteiger partial charge in [0.15, 0.2) is 5.69 Å². The van der Waals surface area contributed by atoms with Crippen LogP contribution in [0, 0.1) is 6.92 Å². The Morgan fingerprint density at radius 3 is 2.57 bits per heavy atom.